The van der Waals surface area contributed by atoms with Gasteiger partial charge in [0, 0.05) is 25.0 Å². The fourth-order valence-corrected chi connectivity index (χ4v) is 8.02. The third-order valence-corrected chi connectivity index (χ3v) is 10.9. The number of amides is 5. The number of hydrogen-bond donors (Lipinski definition) is 4. The lowest BCUT2D eigenvalue weighted by atomic mass is 9.83. The van der Waals surface area contributed by atoms with Crippen LogP contribution in [-0.4, -0.2) is 86.9 Å². The molecule has 0 radical (unpaired) electrons. The molecule has 0 spiro atoms. The van der Waals surface area contributed by atoms with E-state index in [0.29, 0.717) is 25.8 Å². The highest BCUT2D eigenvalue weighted by Gasteiger charge is 2.52. The van der Waals surface area contributed by atoms with Crippen molar-refractivity contribution in [1.29, 1.82) is 0 Å². The summed E-state index contributed by atoms with van der Waals surface area (Å²) >= 11 is 0. The number of nitrogens with one attached hydrogen (secondary N) is 4. The predicted molar refractivity (Wildman–Crippen MR) is 185 cm³/mol. The van der Waals surface area contributed by atoms with Crippen LogP contribution in [0.3, 0.4) is 0 Å². The minimum absolute atomic E-state index is 0.0127. The monoisotopic (exact) mass is 693 g/mol. The van der Waals surface area contributed by atoms with E-state index < -0.39 is 59.0 Å². The molecular weight excluding hydrogens is 638 g/mol. The Balaban J connectivity index is 1.35. The normalized spacial score (nSPS) is 24.0. The van der Waals surface area contributed by atoms with Crippen LogP contribution in [0, 0.1) is 23.2 Å². The van der Waals surface area contributed by atoms with E-state index in [-0.39, 0.29) is 35.4 Å². The minimum atomic E-state index is -0.996. The van der Waals surface area contributed by atoms with Gasteiger partial charge in [-0.05, 0) is 61.7 Å². The van der Waals surface area contributed by atoms with Crippen LogP contribution >= 0.6 is 0 Å². The number of aromatic nitrogens is 2. The summed E-state index contributed by atoms with van der Waals surface area (Å²) < 4.78 is 0. The van der Waals surface area contributed by atoms with Gasteiger partial charge < -0.3 is 26.2 Å². The lowest BCUT2D eigenvalue weighted by Gasteiger charge is -2.37. The first-order valence-electron chi connectivity index (χ1n) is 18.7. The fraction of sp³-hybridized carbons (Fsp3) is 0.730. The summed E-state index contributed by atoms with van der Waals surface area (Å²) in [5.41, 5.74) is -0.642. The van der Waals surface area contributed by atoms with E-state index in [4.69, 9.17) is 0 Å². The Kier molecular flexibility index (Phi) is 12.3. The first kappa shape index (κ1) is 37.4. The summed E-state index contributed by atoms with van der Waals surface area (Å²) in [6, 6.07) is -3.70. The van der Waals surface area contributed by atoms with E-state index in [0.717, 1.165) is 64.2 Å². The largest absolute Gasteiger partial charge is 0.347 e. The number of nitrogens with zero attached hydrogens (tertiary/aromatic N) is 3. The van der Waals surface area contributed by atoms with Crippen molar-refractivity contribution in [2.75, 3.05) is 6.54 Å². The van der Waals surface area contributed by atoms with Crippen LogP contribution in [0.1, 0.15) is 122 Å². The quantitative estimate of drug-likeness (QED) is 0.215. The van der Waals surface area contributed by atoms with Crippen molar-refractivity contribution < 1.29 is 28.8 Å². The molecule has 4 aliphatic rings. The summed E-state index contributed by atoms with van der Waals surface area (Å²) in [6.45, 7) is 7.85. The average Bonchev–Trinajstić information content (AvgIpc) is 3.66. The van der Waals surface area contributed by atoms with Crippen LogP contribution in [0.5, 0.6) is 0 Å². The molecule has 274 valence electrons. The van der Waals surface area contributed by atoms with Gasteiger partial charge in [-0.3, -0.25) is 33.8 Å². The van der Waals surface area contributed by atoms with Crippen LogP contribution in [0.2, 0.25) is 0 Å². The van der Waals surface area contributed by atoms with E-state index in [9.17, 15) is 28.8 Å². The van der Waals surface area contributed by atoms with Crippen molar-refractivity contribution in [2.24, 2.45) is 23.2 Å². The van der Waals surface area contributed by atoms with Crippen molar-refractivity contribution in [3.05, 3.63) is 24.3 Å². The van der Waals surface area contributed by atoms with Gasteiger partial charge in [0.15, 0.2) is 0 Å². The third-order valence-electron chi connectivity index (χ3n) is 10.9. The van der Waals surface area contributed by atoms with Gasteiger partial charge in [0.05, 0.1) is 12.2 Å². The fourth-order valence-electron chi connectivity index (χ4n) is 8.02. The average molecular weight is 694 g/mol. The van der Waals surface area contributed by atoms with Gasteiger partial charge in [-0.1, -0.05) is 72.6 Å². The summed E-state index contributed by atoms with van der Waals surface area (Å²) in [7, 11) is 0. The Hall–Kier alpha value is -3.90. The zero-order valence-electron chi connectivity index (χ0n) is 30.0. The smallest absolute Gasteiger partial charge is 0.289 e. The number of rotatable bonds is 14. The topological polar surface area (TPSA) is 180 Å². The summed E-state index contributed by atoms with van der Waals surface area (Å²) in [4.78, 5) is 91.4. The highest BCUT2D eigenvalue weighted by atomic mass is 16.2. The number of hydrogen-bond acceptors (Lipinski definition) is 8. The molecule has 4 N–H and O–H groups in total. The molecule has 50 heavy (non-hydrogen) atoms. The second kappa shape index (κ2) is 16.4. The van der Waals surface area contributed by atoms with Crippen molar-refractivity contribution >= 4 is 35.3 Å². The molecule has 13 nitrogen and oxygen atoms in total. The molecule has 1 aliphatic heterocycles. The number of likely N-dealkylation sites (tertiary alicyclic amines) is 1. The number of Topliss-reactive ketones (excluding diaryl/α,β-unsaturated/α-hetero) is 1. The number of ketones is 1. The van der Waals surface area contributed by atoms with Crippen molar-refractivity contribution in [3.63, 3.8) is 0 Å². The van der Waals surface area contributed by atoms with E-state index in [2.05, 4.69) is 31.2 Å². The third kappa shape index (κ3) is 9.25. The first-order chi connectivity index (χ1) is 23.9. The summed E-state index contributed by atoms with van der Waals surface area (Å²) in [5, 5.41) is 11.5. The lowest BCUT2D eigenvalue weighted by molar-refractivity contribution is -0.146. The molecule has 3 saturated carbocycles. The predicted octanol–water partition coefficient (Wildman–Crippen LogP) is 2.84. The lowest BCUT2D eigenvalue weighted by Crippen LogP contribution is -2.61. The molecule has 6 atom stereocenters. The van der Waals surface area contributed by atoms with Gasteiger partial charge in [-0.2, -0.15) is 0 Å². The molecule has 13 heteroatoms. The van der Waals surface area contributed by atoms with E-state index in [1.807, 2.05) is 27.7 Å². The van der Waals surface area contributed by atoms with Gasteiger partial charge in [0.1, 0.15) is 23.8 Å². The van der Waals surface area contributed by atoms with Gasteiger partial charge in [0.2, 0.25) is 23.5 Å². The summed E-state index contributed by atoms with van der Waals surface area (Å²) in [5.74, 6) is -2.86. The maximum Gasteiger partial charge on any atom is 0.289 e. The van der Waals surface area contributed by atoms with Crippen LogP contribution in [0.4, 0.5) is 0 Å². The summed E-state index contributed by atoms with van der Waals surface area (Å²) in [6.07, 6.45) is 15.0. The second-order valence-corrected chi connectivity index (χ2v) is 15.9. The molecule has 2 heterocycles. The molecule has 3 aliphatic carbocycles. The molecular formula is C37H55N7O6. The van der Waals surface area contributed by atoms with Crippen molar-refractivity contribution in [3.8, 4) is 0 Å². The molecule has 1 aromatic heterocycles. The zero-order valence-corrected chi connectivity index (χ0v) is 30.0. The number of carbonyl (C=O) groups is 6. The maximum absolute atomic E-state index is 14.6. The number of fused-ring (bicyclic) bond motifs is 1. The Morgan fingerprint density at radius 2 is 1.62 bits per heavy atom. The molecule has 4 fully saturated rings. The Morgan fingerprint density at radius 1 is 0.880 bits per heavy atom. The SMILES string of the molecule is CCC[C@H](NC(=O)[C@@H]1[C@H]2CCC[C@H]2CN1C(=O)[C@H](NC(=O)[C@H](CC1CCCCC1)NC(=O)c1cnccn1)C(C)(C)C)C(=O)C(=O)NC1CC1. The molecule has 1 aromatic rings. The zero-order chi connectivity index (χ0) is 36.0. The highest BCUT2D eigenvalue weighted by Crippen LogP contribution is 2.43. The Morgan fingerprint density at radius 3 is 2.26 bits per heavy atom. The molecule has 5 rings (SSSR count). The first-order valence-corrected chi connectivity index (χ1v) is 18.7. The Bertz CT molecular complexity index is 1400. The van der Waals surface area contributed by atoms with Gasteiger partial charge >= 0.3 is 0 Å². The van der Waals surface area contributed by atoms with Gasteiger partial charge in [0.25, 0.3) is 11.8 Å². The van der Waals surface area contributed by atoms with E-state index >= 15 is 0 Å². The molecule has 1 saturated heterocycles. The van der Waals surface area contributed by atoms with Crippen molar-refractivity contribution in [2.45, 2.75) is 141 Å². The van der Waals surface area contributed by atoms with Crippen LogP contribution < -0.4 is 21.3 Å². The minimum Gasteiger partial charge on any atom is -0.347 e. The van der Waals surface area contributed by atoms with Crippen LogP contribution in [0.15, 0.2) is 18.6 Å². The second-order valence-electron chi connectivity index (χ2n) is 15.9. The number of carbonyl (C=O) groups excluding carboxylic acids is 6. The molecule has 0 unspecified atom stereocenters. The van der Waals surface area contributed by atoms with Gasteiger partial charge in [-0.25, -0.2) is 4.98 Å². The standard InChI is InChI=1S/C37H55N7O6/c1-5-10-26(30(45)35(49)40-24-15-16-24)41-34(48)29-25-14-9-13-23(25)21-44(29)36(50)31(37(2,3)4)43-32(46)27(19-22-11-7-6-8-12-22)42-33(47)28-20-38-17-18-39-28/h17-18,20,22-27,29,31H,5-16,19,21H2,1-4H3,(H,40,49)(H,41,48)(H,42,47)(H,43,46)/t23-,25-,26-,27-,29-,31-/m0/s1. The van der Waals surface area contributed by atoms with E-state index in [1.165, 1.54) is 18.6 Å². The van der Waals surface area contributed by atoms with Gasteiger partial charge in [-0.15, -0.1) is 0 Å². The molecule has 5 amide bonds. The maximum atomic E-state index is 14.6. The van der Waals surface area contributed by atoms with Crippen LogP contribution in [-0.2, 0) is 24.0 Å². The molecule has 0 bridgehead atoms. The van der Waals surface area contributed by atoms with E-state index in [1.54, 1.807) is 4.90 Å². The highest BCUT2D eigenvalue weighted by molar-refractivity contribution is 6.38. The Labute approximate surface area is 295 Å². The van der Waals surface area contributed by atoms with Crippen molar-refractivity contribution in [1.82, 2.24) is 36.1 Å². The van der Waals surface area contributed by atoms with Crippen LogP contribution in [0.25, 0.3) is 0 Å². The molecule has 0 aromatic carbocycles.